The predicted molar refractivity (Wildman–Crippen MR) is 75.3 cm³/mol. The van der Waals surface area contributed by atoms with E-state index in [9.17, 15) is 18.0 Å². The molecule has 1 aromatic rings. The Bertz CT molecular complexity index is 609. The highest BCUT2D eigenvalue weighted by atomic mass is 32.2. The van der Waals surface area contributed by atoms with E-state index in [1.807, 2.05) is 0 Å². The minimum Gasteiger partial charge on any atom is -0.481 e. The summed E-state index contributed by atoms with van der Waals surface area (Å²) in [6.45, 7) is 1.32. The van der Waals surface area contributed by atoms with Gasteiger partial charge in [-0.1, -0.05) is 12.1 Å². The van der Waals surface area contributed by atoms with Crippen LogP contribution in [0.1, 0.15) is 18.9 Å². The zero-order valence-electron chi connectivity index (χ0n) is 11.3. The molecule has 0 aliphatic heterocycles. The lowest BCUT2D eigenvalue weighted by Gasteiger charge is -2.11. The van der Waals surface area contributed by atoms with Gasteiger partial charge in [-0.25, -0.2) is 8.42 Å². The summed E-state index contributed by atoms with van der Waals surface area (Å²) in [5, 5.41) is 9.99. The molecular weight excluding hydrogens is 282 g/mol. The third-order valence-corrected chi connectivity index (χ3v) is 4.33. The number of hydrogen-bond acceptors (Lipinski definition) is 4. The standard InChI is InChI=1S/C13H17NO5S/c1-9(20(2,18)19)13(17)14-11-5-3-4-10(8-11)6-7-12(15)16/h3-5,8-9H,6-7H2,1-2H3,(H,14,17)(H,15,16). The Labute approximate surface area is 117 Å². The number of carbonyl (C=O) groups is 2. The summed E-state index contributed by atoms with van der Waals surface area (Å²) in [5.74, 6) is -1.51. The number of aryl methyl sites for hydroxylation is 1. The number of carbonyl (C=O) groups excluding carboxylic acids is 1. The summed E-state index contributed by atoms with van der Waals surface area (Å²) in [7, 11) is -3.44. The van der Waals surface area contributed by atoms with E-state index in [2.05, 4.69) is 5.32 Å². The number of nitrogens with one attached hydrogen (secondary N) is 1. The summed E-state index contributed by atoms with van der Waals surface area (Å²) in [6, 6.07) is 6.68. The topological polar surface area (TPSA) is 101 Å². The Balaban J connectivity index is 2.76. The van der Waals surface area contributed by atoms with Crippen molar-refractivity contribution >= 4 is 27.4 Å². The molecule has 110 valence electrons. The van der Waals surface area contributed by atoms with Crippen molar-refractivity contribution < 1.29 is 23.1 Å². The molecular formula is C13H17NO5S. The Hall–Kier alpha value is -1.89. The van der Waals surface area contributed by atoms with Gasteiger partial charge < -0.3 is 10.4 Å². The van der Waals surface area contributed by atoms with E-state index >= 15 is 0 Å². The van der Waals surface area contributed by atoms with Crippen LogP contribution in [0.3, 0.4) is 0 Å². The van der Waals surface area contributed by atoms with Crippen LogP contribution in [0.25, 0.3) is 0 Å². The number of rotatable bonds is 6. The average molecular weight is 299 g/mol. The molecule has 0 fully saturated rings. The van der Waals surface area contributed by atoms with E-state index in [0.717, 1.165) is 11.8 Å². The van der Waals surface area contributed by atoms with E-state index in [4.69, 9.17) is 5.11 Å². The summed E-state index contributed by atoms with van der Waals surface area (Å²) in [4.78, 5) is 22.3. The van der Waals surface area contributed by atoms with Gasteiger partial charge in [-0.3, -0.25) is 9.59 Å². The van der Waals surface area contributed by atoms with Gasteiger partial charge in [0.15, 0.2) is 9.84 Å². The molecule has 0 bridgehead atoms. The van der Waals surface area contributed by atoms with Crippen molar-refractivity contribution in [3.05, 3.63) is 29.8 Å². The van der Waals surface area contributed by atoms with Crippen molar-refractivity contribution in [1.82, 2.24) is 0 Å². The van der Waals surface area contributed by atoms with Crippen molar-refractivity contribution in [2.45, 2.75) is 25.0 Å². The molecule has 0 radical (unpaired) electrons. The first-order valence-electron chi connectivity index (χ1n) is 6.00. The van der Waals surface area contributed by atoms with Gasteiger partial charge in [0.05, 0.1) is 0 Å². The van der Waals surface area contributed by atoms with Crippen LogP contribution in [0.5, 0.6) is 0 Å². The fourth-order valence-electron chi connectivity index (χ4n) is 1.49. The summed E-state index contributed by atoms with van der Waals surface area (Å²) in [6.07, 6.45) is 1.35. The highest BCUT2D eigenvalue weighted by Crippen LogP contribution is 2.13. The third kappa shape index (κ3) is 5.00. The van der Waals surface area contributed by atoms with Crippen molar-refractivity contribution in [2.75, 3.05) is 11.6 Å². The Kier molecular flexibility index (Phi) is 5.26. The maximum absolute atomic E-state index is 11.8. The van der Waals surface area contributed by atoms with Gasteiger partial charge in [0.1, 0.15) is 5.25 Å². The number of sulfone groups is 1. The number of carboxylic acids is 1. The molecule has 1 aromatic carbocycles. The average Bonchev–Trinajstić information content (AvgIpc) is 2.34. The van der Waals surface area contributed by atoms with Crippen LogP contribution in [-0.4, -0.2) is 36.9 Å². The molecule has 1 amide bonds. The number of hydrogen-bond donors (Lipinski definition) is 2. The van der Waals surface area contributed by atoms with Crippen LogP contribution >= 0.6 is 0 Å². The molecule has 1 atom stereocenters. The van der Waals surface area contributed by atoms with Gasteiger partial charge in [0.2, 0.25) is 5.91 Å². The smallest absolute Gasteiger partial charge is 0.303 e. The number of carboxylic acid groups (broad SMARTS) is 1. The van der Waals surface area contributed by atoms with E-state index < -0.39 is 27.0 Å². The Morgan fingerprint density at radius 1 is 1.35 bits per heavy atom. The normalized spacial score (nSPS) is 12.7. The monoisotopic (exact) mass is 299 g/mol. The van der Waals surface area contributed by atoms with Crippen molar-refractivity contribution in [3.63, 3.8) is 0 Å². The highest BCUT2D eigenvalue weighted by Gasteiger charge is 2.23. The van der Waals surface area contributed by atoms with Crippen LogP contribution in [-0.2, 0) is 25.8 Å². The van der Waals surface area contributed by atoms with Crippen molar-refractivity contribution in [2.24, 2.45) is 0 Å². The van der Waals surface area contributed by atoms with Gasteiger partial charge in [-0.2, -0.15) is 0 Å². The molecule has 0 saturated carbocycles. The molecule has 7 heteroatoms. The van der Waals surface area contributed by atoms with E-state index in [0.29, 0.717) is 12.1 Å². The lowest BCUT2D eigenvalue weighted by Crippen LogP contribution is -2.31. The Morgan fingerprint density at radius 3 is 2.55 bits per heavy atom. The molecule has 0 heterocycles. The van der Waals surface area contributed by atoms with E-state index in [1.165, 1.54) is 6.92 Å². The van der Waals surface area contributed by atoms with Crippen LogP contribution in [0, 0.1) is 0 Å². The third-order valence-electron chi connectivity index (χ3n) is 2.83. The van der Waals surface area contributed by atoms with E-state index in [1.54, 1.807) is 24.3 Å². The van der Waals surface area contributed by atoms with Crippen molar-refractivity contribution in [1.29, 1.82) is 0 Å². The number of benzene rings is 1. The fourth-order valence-corrected chi connectivity index (χ4v) is 1.94. The predicted octanol–water partition coefficient (Wildman–Crippen LogP) is 1.08. The fraction of sp³-hybridized carbons (Fsp3) is 0.385. The van der Waals surface area contributed by atoms with Crippen LogP contribution < -0.4 is 5.32 Å². The molecule has 1 unspecified atom stereocenters. The number of aliphatic carboxylic acids is 1. The molecule has 20 heavy (non-hydrogen) atoms. The second-order valence-electron chi connectivity index (χ2n) is 4.56. The van der Waals surface area contributed by atoms with Gasteiger partial charge in [-0.05, 0) is 31.0 Å². The molecule has 0 saturated heterocycles. The van der Waals surface area contributed by atoms with Gasteiger partial charge in [0.25, 0.3) is 0 Å². The molecule has 2 N–H and O–H groups in total. The summed E-state index contributed by atoms with van der Waals surface area (Å²) in [5.41, 5.74) is 1.21. The van der Waals surface area contributed by atoms with E-state index in [-0.39, 0.29) is 6.42 Å². The van der Waals surface area contributed by atoms with Crippen LogP contribution in [0.2, 0.25) is 0 Å². The first-order chi connectivity index (χ1) is 9.20. The second-order valence-corrected chi connectivity index (χ2v) is 6.92. The lowest BCUT2D eigenvalue weighted by atomic mass is 10.1. The Morgan fingerprint density at radius 2 is 2.00 bits per heavy atom. The largest absolute Gasteiger partial charge is 0.481 e. The van der Waals surface area contributed by atoms with Crippen LogP contribution in [0.15, 0.2) is 24.3 Å². The number of amides is 1. The summed E-state index contributed by atoms with van der Waals surface area (Å²) < 4.78 is 22.6. The molecule has 0 spiro atoms. The molecule has 0 aliphatic carbocycles. The zero-order valence-corrected chi connectivity index (χ0v) is 12.1. The first-order valence-corrected chi connectivity index (χ1v) is 7.96. The zero-order chi connectivity index (χ0) is 15.3. The minimum absolute atomic E-state index is 0.00284. The molecule has 1 rings (SSSR count). The summed E-state index contributed by atoms with van der Waals surface area (Å²) >= 11 is 0. The second kappa shape index (κ2) is 6.51. The number of anilines is 1. The van der Waals surface area contributed by atoms with Gasteiger partial charge in [-0.15, -0.1) is 0 Å². The van der Waals surface area contributed by atoms with Crippen molar-refractivity contribution in [3.8, 4) is 0 Å². The molecule has 6 nitrogen and oxygen atoms in total. The molecule has 0 aromatic heterocycles. The van der Waals surface area contributed by atoms with Gasteiger partial charge >= 0.3 is 5.97 Å². The first kappa shape index (κ1) is 16.2. The maximum Gasteiger partial charge on any atom is 0.303 e. The maximum atomic E-state index is 11.8. The van der Waals surface area contributed by atoms with Crippen LogP contribution in [0.4, 0.5) is 5.69 Å². The molecule has 0 aliphatic rings. The quantitative estimate of drug-likeness (QED) is 0.818. The van der Waals surface area contributed by atoms with Gasteiger partial charge in [0, 0.05) is 18.4 Å². The highest BCUT2D eigenvalue weighted by molar-refractivity contribution is 7.92. The minimum atomic E-state index is -3.44. The SMILES string of the molecule is CC(C(=O)Nc1cccc(CCC(=O)O)c1)S(C)(=O)=O. The lowest BCUT2D eigenvalue weighted by molar-refractivity contribution is -0.137.